The van der Waals surface area contributed by atoms with E-state index in [1.54, 1.807) is 12.1 Å². The summed E-state index contributed by atoms with van der Waals surface area (Å²) in [4.78, 5) is 11.0. The van der Waals surface area contributed by atoms with Gasteiger partial charge in [-0.05, 0) is 27.6 Å². The molecule has 2 nitrogen and oxygen atoms in total. The maximum atomic E-state index is 12.3. The first-order valence-electron chi connectivity index (χ1n) is 6.80. The van der Waals surface area contributed by atoms with E-state index in [0.717, 1.165) is 21.5 Å². The average Bonchev–Trinajstić information content (AvgIpc) is 2.53. The Bertz CT molecular complexity index is 940. The quantitative estimate of drug-likeness (QED) is 0.409. The lowest BCUT2D eigenvalue weighted by Gasteiger charge is -2.07. The SMILES string of the molecule is O=C(/C=C(/O)c1ccc2ccc3ccccc3c2c1)C(F)(F)F. The van der Waals surface area contributed by atoms with E-state index in [-0.39, 0.29) is 11.6 Å². The summed E-state index contributed by atoms with van der Waals surface area (Å²) in [6.45, 7) is 0. The summed E-state index contributed by atoms with van der Waals surface area (Å²) in [6, 6.07) is 16.1. The van der Waals surface area contributed by atoms with Crippen molar-refractivity contribution in [2.24, 2.45) is 0 Å². The Hall–Kier alpha value is -2.82. The van der Waals surface area contributed by atoms with Crippen LogP contribution in [0.15, 0.2) is 60.7 Å². The van der Waals surface area contributed by atoms with Crippen LogP contribution in [0.1, 0.15) is 5.56 Å². The highest BCUT2D eigenvalue weighted by atomic mass is 19.4. The number of hydrogen-bond acceptors (Lipinski definition) is 2. The molecule has 116 valence electrons. The molecule has 0 aliphatic carbocycles. The Balaban J connectivity index is 2.14. The molecule has 0 spiro atoms. The minimum absolute atomic E-state index is 0.159. The van der Waals surface area contributed by atoms with Gasteiger partial charge in [0.05, 0.1) is 0 Å². The minimum Gasteiger partial charge on any atom is -0.507 e. The van der Waals surface area contributed by atoms with Gasteiger partial charge in [0, 0.05) is 11.6 Å². The first kappa shape index (κ1) is 15.1. The molecule has 0 aromatic heterocycles. The van der Waals surface area contributed by atoms with Crippen LogP contribution < -0.4 is 0 Å². The molecule has 0 radical (unpaired) electrons. The second-order valence-corrected chi connectivity index (χ2v) is 5.11. The zero-order valence-corrected chi connectivity index (χ0v) is 11.8. The van der Waals surface area contributed by atoms with Gasteiger partial charge in [-0.15, -0.1) is 0 Å². The van der Waals surface area contributed by atoms with Crippen molar-refractivity contribution in [1.82, 2.24) is 0 Å². The number of ketones is 1. The maximum absolute atomic E-state index is 12.3. The van der Waals surface area contributed by atoms with Crippen LogP contribution in [-0.4, -0.2) is 17.1 Å². The van der Waals surface area contributed by atoms with Gasteiger partial charge in [0.15, 0.2) is 0 Å². The van der Waals surface area contributed by atoms with Gasteiger partial charge in [-0.2, -0.15) is 13.2 Å². The van der Waals surface area contributed by atoms with Crippen molar-refractivity contribution in [3.05, 3.63) is 66.2 Å². The third-order valence-corrected chi connectivity index (χ3v) is 3.59. The van der Waals surface area contributed by atoms with Gasteiger partial charge in [-0.25, -0.2) is 0 Å². The standard InChI is InChI=1S/C18H11F3O2/c19-18(20,21)17(23)10-16(22)13-8-7-12-6-5-11-3-1-2-4-14(11)15(12)9-13/h1-10,22H/b16-10+. The number of benzene rings is 3. The highest BCUT2D eigenvalue weighted by Crippen LogP contribution is 2.28. The molecular formula is C18H11F3O2. The number of hydrogen-bond donors (Lipinski definition) is 1. The molecule has 0 atom stereocenters. The lowest BCUT2D eigenvalue weighted by molar-refractivity contribution is -0.165. The molecule has 0 aliphatic heterocycles. The van der Waals surface area contributed by atoms with Crippen molar-refractivity contribution in [3.8, 4) is 0 Å². The highest BCUT2D eigenvalue weighted by molar-refractivity contribution is 6.08. The van der Waals surface area contributed by atoms with Crippen LogP contribution in [0.25, 0.3) is 27.3 Å². The summed E-state index contributed by atoms with van der Waals surface area (Å²) in [7, 11) is 0. The second kappa shape index (κ2) is 5.43. The maximum Gasteiger partial charge on any atom is 0.454 e. The summed E-state index contributed by atoms with van der Waals surface area (Å²) in [5.41, 5.74) is 0.159. The van der Waals surface area contributed by atoms with Crippen LogP contribution in [0.3, 0.4) is 0 Å². The minimum atomic E-state index is -5.00. The number of aliphatic hydroxyl groups excluding tert-OH is 1. The van der Waals surface area contributed by atoms with Gasteiger partial charge < -0.3 is 5.11 Å². The summed E-state index contributed by atoms with van der Waals surface area (Å²) >= 11 is 0. The number of halogens is 3. The molecule has 0 fully saturated rings. The van der Waals surface area contributed by atoms with Gasteiger partial charge in [-0.3, -0.25) is 4.79 Å². The van der Waals surface area contributed by atoms with E-state index in [0.29, 0.717) is 0 Å². The van der Waals surface area contributed by atoms with E-state index in [1.807, 2.05) is 36.4 Å². The third kappa shape index (κ3) is 2.90. The van der Waals surface area contributed by atoms with Gasteiger partial charge in [-0.1, -0.05) is 48.5 Å². The van der Waals surface area contributed by atoms with Crippen LogP contribution >= 0.6 is 0 Å². The van der Waals surface area contributed by atoms with Crippen LogP contribution in [0.5, 0.6) is 0 Å². The molecular weight excluding hydrogens is 305 g/mol. The molecule has 0 unspecified atom stereocenters. The van der Waals surface area contributed by atoms with E-state index in [1.165, 1.54) is 6.07 Å². The number of alkyl halides is 3. The van der Waals surface area contributed by atoms with E-state index >= 15 is 0 Å². The fraction of sp³-hybridized carbons (Fsp3) is 0.0556. The second-order valence-electron chi connectivity index (χ2n) is 5.11. The topological polar surface area (TPSA) is 37.3 Å². The normalized spacial score (nSPS) is 12.7. The first-order valence-corrected chi connectivity index (χ1v) is 6.80. The molecule has 23 heavy (non-hydrogen) atoms. The van der Waals surface area contributed by atoms with Gasteiger partial charge >= 0.3 is 6.18 Å². The van der Waals surface area contributed by atoms with E-state index < -0.39 is 17.7 Å². The summed E-state index contributed by atoms with van der Waals surface area (Å²) in [5.74, 6) is -2.80. The van der Waals surface area contributed by atoms with E-state index in [4.69, 9.17) is 0 Å². The Kier molecular flexibility index (Phi) is 3.56. The van der Waals surface area contributed by atoms with Crippen LogP contribution in [0.2, 0.25) is 0 Å². The average molecular weight is 316 g/mol. The zero-order chi connectivity index (χ0) is 16.6. The molecule has 3 aromatic carbocycles. The van der Waals surface area contributed by atoms with Crippen molar-refractivity contribution in [1.29, 1.82) is 0 Å². The number of carbonyl (C=O) groups excluding carboxylic acids is 1. The van der Waals surface area contributed by atoms with E-state index in [9.17, 15) is 23.1 Å². The molecule has 0 aliphatic rings. The lowest BCUT2D eigenvalue weighted by atomic mass is 9.99. The Morgan fingerprint density at radius 2 is 1.52 bits per heavy atom. The monoisotopic (exact) mass is 316 g/mol. The summed E-state index contributed by atoms with van der Waals surface area (Å²) in [6.07, 6.45) is -4.80. The summed E-state index contributed by atoms with van der Waals surface area (Å²) in [5, 5.41) is 13.4. The molecule has 0 saturated carbocycles. The molecule has 0 saturated heterocycles. The predicted octanol–water partition coefficient (Wildman–Crippen LogP) is 5.02. The zero-order valence-electron chi connectivity index (χ0n) is 11.8. The molecule has 0 amide bonds. The first-order chi connectivity index (χ1) is 10.9. The van der Waals surface area contributed by atoms with Crippen LogP contribution in [0, 0.1) is 0 Å². The Morgan fingerprint density at radius 1 is 0.913 bits per heavy atom. The van der Waals surface area contributed by atoms with Gasteiger partial charge in [0.25, 0.3) is 5.78 Å². The predicted molar refractivity (Wildman–Crippen MR) is 83.1 cm³/mol. The molecule has 0 bridgehead atoms. The fourth-order valence-electron chi connectivity index (χ4n) is 2.45. The van der Waals surface area contributed by atoms with Gasteiger partial charge in [0.1, 0.15) is 5.76 Å². The summed E-state index contributed by atoms with van der Waals surface area (Å²) < 4.78 is 36.8. The molecule has 1 N–H and O–H groups in total. The van der Waals surface area contributed by atoms with Crippen LogP contribution in [-0.2, 0) is 4.79 Å². The van der Waals surface area contributed by atoms with Crippen molar-refractivity contribution in [3.63, 3.8) is 0 Å². The van der Waals surface area contributed by atoms with E-state index in [2.05, 4.69) is 0 Å². The number of aliphatic hydroxyl groups is 1. The number of carbonyl (C=O) groups is 1. The number of allylic oxidation sites excluding steroid dienone is 1. The number of fused-ring (bicyclic) bond motifs is 3. The van der Waals surface area contributed by atoms with Crippen LogP contribution in [0.4, 0.5) is 13.2 Å². The number of rotatable bonds is 2. The largest absolute Gasteiger partial charge is 0.507 e. The Morgan fingerprint density at radius 3 is 2.22 bits per heavy atom. The smallest absolute Gasteiger partial charge is 0.454 e. The molecule has 0 heterocycles. The van der Waals surface area contributed by atoms with Crippen molar-refractivity contribution >= 4 is 33.1 Å². The third-order valence-electron chi connectivity index (χ3n) is 3.59. The van der Waals surface area contributed by atoms with Gasteiger partial charge in [0.2, 0.25) is 0 Å². The Labute approximate surface area is 129 Å². The van der Waals surface area contributed by atoms with Crippen molar-refractivity contribution in [2.45, 2.75) is 6.18 Å². The lowest BCUT2D eigenvalue weighted by Crippen LogP contribution is -2.20. The van der Waals surface area contributed by atoms with Crippen molar-refractivity contribution < 1.29 is 23.1 Å². The molecule has 5 heteroatoms. The molecule has 3 aromatic rings. The fourth-order valence-corrected chi connectivity index (χ4v) is 2.45. The highest BCUT2D eigenvalue weighted by Gasteiger charge is 2.37. The molecule has 3 rings (SSSR count). The van der Waals surface area contributed by atoms with Crippen molar-refractivity contribution in [2.75, 3.05) is 0 Å².